The normalized spacial score (nSPS) is 11.4. The smallest absolute Gasteiger partial charge is 0.325 e. The molecule has 0 radical (unpaired) electrons. The van der Waals surface area contributed by atoms with E-state index in [1.165, 1.54) is 25.1 Å². The zero-order valence-electron chi connectivity index (χ0n) is 10.1. The molecule has 0 bridgehead atoms. The first-order chi connectivity index (χ1) is 8.91. The number of benzene rings is 1. The number of amides is 1. The average Bonchev–Trinajstić information content (AvgIpc) is 2.36. The third-order valence-electron chi connectivity index (χ3n) is 2.29. The number of hydrogen-bond acceptors (Lipinski definition) is 5. The van der Waals surface area contributed by atoms with E-state index in [0.29, 0.717) is 0 Å². The van der Waals surface area contributed by atoms with E-state index in [1.807, 2.05) is 0 Å². The minimum absolute atomic E-state index is 0.151. The monoisotopic (exact) mass is 267 g/mol. The van der Waals surface area contributed by atoms with Gasteiger partial charge in [0.25, 0.3) is 5.69 Å². The van der Waals surface area contributed by atoms with Crippen LogP contribution in [0.25, 0.3) is 0 Å². The van der Waals surface area contributed by atoms with Crippen molar-refractivity contribution in [2.75, 3.05) is 11.9 Å². The summed E-state index contributed by atoms with van der Waals surface area (Å²) < 4.78 is 0. The standard InChI is InChI=1S/C11H13N3O5/c1-7(11(16)17)13-10(15)6-12-8-4-2-3-5-9(8)14(18)19/h2-5,7,12H,6H2,1H3,(H,13,15)(H,16,17)/t7-/m0/s1. The number of carbonyl (C=O) groups is 2. The minimum Gasteiger partial charge on any atom is -0.480 e. The van der Waals surface area contributed by atoms with Crippen LogP contribution >= 0.6 is 0 Å². The van der Waals surface area contributed by atoms with E-state index < -0.39 is 22.8 Å². The second-order valence-electron chi connectivity index (χ2n) is 3.76. The molecule has 0 saturated carbocycles. The maximum Gasteiger partial charge on any atom is 0.325 e. The molecule has 1 rings (SSSR count). The van der Waals surface area contributed by atoms with Crippen molar-refractivity contribution in [3.05, 3.63) is 34.4 Å². The molecule has 0 aliphatic carbocycles. The van der Waals surface area contributed by atoms with Gasteiger partial charge in [0.15, 0.2) is 0 Å². The first-order valence-electron chi connectivity index (χ1n) is 5.41. The Kier molecular flexibility index (Phi) is 4.81. The fourth-order valence-electron chi connectivity index (χ4n) is 1.31. The van der Waals surface area contributed by atoms with Crippen LogP contribution in [-0.2, 0) is 9.59 Å². The van der Waals surface area contributed by atoms with Gasteiger partial charge in [0.1, 0.15) is 11.7 Å². The quantitative estimate of drug-likeness (QED) is 0.512. The Labute approximate surface area is 108 Å². The van der Waals surface area contributed by atoms with Gasteiger partial charge in [0.05, 0.1) is 11.5 Å². The van der Waals surface area contributed by atoms with E-state index in [9.17, 15) is 19.7 Å². The van der Waals surface area contributed by atoms with Crippen molar-refractivity contribution in [1.29, 1.82) is 0 Å². The average molecular weight is 267 g/mol. The van der Waals surface area contributed by atoms with E-state index in [0.717, 1.165) is 0 Å². The van der Waals surface area contributed by atoms with Crippen LogP contribution in [-0.4, -0.2) is 34.5 Å². The summed E-state index contributed by atoms with van der Waals surface area (Å²) in [6.07, 6.45) is 0. The van der Waals surface area contributed by atoms with E-state index >= 15 is 0 Å². The van der Waals surface area contributed by atoms with Crippen LogP contribution in [0, 0.1) is 10.1 Å². The summed E-state index contributed by atoms with van der Waals surface area (Å²) in [4.78, 5) is 32.1. The molecule has 0 spiro atoms. The fraction of sp³-hybridized carbons (Fsp3) is 0.273. The van der Waals surface area contributed by atoms with Crippen molar-refractivity contribution in [3.8, 4) is 0 Å². The number of rotatable bonds is 6. The van der Waals surface area contributed by atoms with Crippen molar-refractivity contribution in [1.82, 2.24) is 5.32 Å². The lowest BCUT2D eigenvalue weighted by Gasteiger charge is -2.10. The van der Waals surface area contributed by atoms with Gasteiger partial charge in [-0.15, -0.1) is 0 Å². The Bertz CT molecular complexity index is 503. The van der Waals surface area contributed by atoms with Crippen LogP contribution < -0.4 is 10.6 Å². The summed E-state index contributed by atoms with van der Waals surface area (Å²) >= 11 is 0. The Morgan fingerprint density at radius 3 is 2.63 bits per heavy atom. The topological polar surface area (TPSA) is 122 Å². The minimum atomic E-state index is -1.15. The van der Waals surface area contributed by atoms with Crippen molar-refractivity contribution in [2.24, 2.45) is 0 Å². The van der Waals surface area contributed by atoms with Crippen LogP contribution in [0.3, 0.4) is 0 Å². The predicted octanol–water partition coefficient (Wildman–Crippen LogP) is 0.596. The molecule has 102 valence electrons. The number of carbonyl (C=O) groups excluding carboxylic acids is 1. The molecule has 1 atom stereocenters. The molecule has 3 N–H and O–H groups in total. The van der Waals surface area contributed by atoms with Gasteiger partial charge in [-0.05, 0) is 13.0 Å². The Morgan fingerprint density at radius 2 is 2.05 bits per heavy atom. The molecule has 0 aliphatic heterocycles. The van der Waals surface area contributed by atoms with Gasteiger partial charge in [0.2, 0.25) is 5.91 Å². The molecule has 0 fully saturated rings. The van der Waals surface area contributed by atoms with Crippen molar-refractivity contribution < 1.29 is 19.6 Å². The van der Waals surface area contributed by atoms with Crippen molar-refractivity contribution in [2.45, 2.75) is 13.0 Å². The third-order valence-corrected chi connectivity index (χ3v) is 2.29. The summed E-state index contributed by atoms with van der Waals surface area (Å²) in [5, 5.41) is 24.1. The molecule has 1 aromatic carbocycles. The van der Waals surface area contributed by atoms with E-state index in [4.69, 9.17) is 5.11 Å². The summed E-state index contributed by atoms with van der Waals surface area (Å²) in [6.45, 7) is 1.08. The van der Waals surface area contributed by atoms with Gasteiger partial charge in [-0.25, -0.2) is 0 Å². The van der Waals surface area contributed by atoms with Gasteiger partial charge in [-0.3, -0.25) is 19.7 Å². The summed E-state index contributed by atoms with van der Waals surface area (Å²) in [6, 6.07) is 4.86. The van der Waals surface area contributed by atoms with Gasteiger partial charge in [-0.1, -0.05) is 12.1 Å². The molecule has 0 heterocycles. The maximum absolute atomic E-state index is 11.4. The number of aliphatic carboxylic acids is 1. The third kappa shape index (κ3) is 4.26. The lowest BCUT2D eigenvalue weighted by molar-refractivity contribution is -0.383. The number of para-hydroxylation sites is 2. The largest absolute Gasteiger partial charge is 0.480 e. The van der Waals surface area contributed by atoms with E-state index in [2.05, 4.69) is 10.6 Å². The van der Waals surface area contributed by atoms with Crippen LogP contribution in [0.2, 0.25) is 0 Å². The van der Waals surface area contributed by atoms with Crippen LogP contribution in [0.4, 0.5) is 11.4 Å². The fourth-order valence-corrected chi connectivity index (χ4v) is 1.31. The SMILES string of the molecule is C[C@H](NC(=O)CNc1ccccc1[N+](=O)[O-])C(=O)O. The number of nitrogens with zero attached hydrogens (tertiary/aromatic N) is 1. The molecule has 1 amide bonds. The van der Waals surface area contributed by atoms with Crippen LogP contribution in [0.1, 0.15) is 6.92 Å². The predicted molar refractivity (Wildman–Crippen MR) is 66.8 cm³/mol. The highest BCUT2D eigenvalue weighted by atomic mass is 16.6. The maximum atomic E-state index is 11.4. The number of anilines is 1. The zero-order valence-corrected chi connectivity index (χ0v) is 10.1. The summed E-state index contributed by atoms with van der Waals surface area (Å²) in [7, 11) is 0. The zero-order chi connectivity index (χ0) is 14.4. The van der Waals surface area contributed by atoms with E-state index in [-0.39, 0.29) is 17.9 Å². The van der Waals surface area contributed by atoms with Gasteiger partial charge in [-0.2, -0.15) is 0 Å². The molecule has 19 heavy (non-hydrogen) atoms. The van der Waals surface area contributed by atoms with Crippen LogP contribution in [0.15, 0.2) is 24.3 Å². The number of nitro benzene ring substituents is 1. The second kappa shape index (κ2) is 6.34. The Morgan fingerprint density at radius 1 is 1.42 bits per heavy atom. The molecule has 0 aliphatic rings. The number of carboxylic acids is 1. The lowest BCUT2D eigenvalue weighted by atomic mass is 10.2. The Hall–Kier alpha value is -2.64. The lowest BCUT2D eigenvalue weighted by Crippen LogP contribution is -2.41. The molecule has 0 saturated heterocycles. The summed E-state index contributed by atoms with van der Waals surface area (Å²) in [5.41, 5.74) is 0.0483. The van der Waals surface area contributed by atoms with Gasteiger partial charge in [0, 0.05) is 6.07 Å². The highest BCUT2D eigenvalue weighted by Gasteiger charge is 2.16. The number of nitro groups is 1. The summed E-state index contributed by atoms with van der Waals surface area (Å²) in [5.74, 6) is -1.72. The van der Waals surface area contributed by atoms with Gasteiger partial charge >= 0.3 is 5.97 Å². The second-order valence-corrected chi connectivity index (χ2v) is 3.76. The number of hydrogen-bond donors (Lipinski definition) is 3. The highest BCUT2D eigenvalue weighted by Crippen LogP contribution is 2.22. The first-order valence-corrected chi connectivity index (χ1v) is 5.41. The first kappa shape index (κ1) is 14.4. The molecule has 8 nitrogen and oxygen atoms in total. The molecule has 8 heteroatoms. The number of nitrogens with one attached hydrogen (secondary N) is 2. The molecule has 0 aromatic heterocycles. The molecule has 1 aromatic rings. The van der Waals surface area contributed by atoms with Crippen LogP contribution in [0.5, 0.6) is 0 Å². The molecular formula is C11H13N3O5. The van der Waals surface area contributed by atoms with Crippen molar-refractivity contribution >= 4 is 23.3 Å². The van der Waals surface area contributed by atoms with E-state index in [1.54, 1.807) is 6.07 Å². The van der Waals surface area contributed by atoms with Crippen molar-refractivity contribution in [3.63, 3.8) is 0 Å². The highest BCUT2D eigenvalue weighted by molar-refractivity contribution is 5.86. The molecule has 0 unspecified atom stereocenters. The number of carboxylic acid groups (broad SMARTS) is 1. The molecular weight excluding hydrogens is 254 g/mol. The van der Waals surface area contributed by atoms with Gasteiger partial charge < -0.3 is 15.7 Å². The Balaban J connectivity index is 2.60.